The third-order valence-electron chi connectivity index (χ3n) is 2.34. The summed E-state index contributed by atoms with van der Waals surface area (Å²) in [7, 11) is 0. The molecule has 0 aromatic rings. The molecule has 0 amide bonds. The van der Waals surface area contributed by atoms with Crippen molar-refractivity contribution in [1.29, 1.82) is 0 Å². The van der Waals surface area contributed by atoms with Crippen molar-refractivity contribution in [3.8, 4) is 0 Å². The van der Waals surface area contributed by atoms with Crippen molar-refractivity contribution in [3.05, 3.63) is 0 Å². The van der Waals surface area contributed by atoms with Crippen LogP contribution < -0.4 is 5.32 Å². The van der Waals surface area contributed by atoms with Gasteiger partial charge in [0.15, 0.2) is 0 Å². The second-order valence-electron chi connectivity index (χ2n) is 3.54. The van der Waals surface area contributed by atoms with Gasteiger partial charge in [0.25, 0.3) is 5.92 Å². The van der Waals surface area contributed by atoms with Crippen molar-refractivity contribution in [3.63, 3.8) is 0 Å². The highest BCUT2D eigenvalue weighted by Crippen LogP contribution is 2.37. The summed E-state index contributed by atoms with van der Waals surface area (Å²) in [5.74, 6) is -1.49. The first-order valence-corrected chi connectivity index (χ1v) is 4.33. The van der Waals surface area contributed by atoms with Gasteiger partial charge in [-0.3, -0.25) is 4.99 Å². The summed E-state index contributed by atoms with van der Waals surface area (Å²) in [6.45, 7) is 0.853. The van der Waals surface area contributed by atoms with Crippen LogP contribution in [0.3, 0.4) is 0 Å². The minimum atomic E-state index is -2.42. The molecule has 0 aromatic carbocycles. The number of nitrogens with one attached hydrogen (secondary N) is 1. The van der Waals surface area contributed by atoms with E-state index in [0.717, 1.165) is 25.2 Å². The van der Waals surface area contributed by atoms with E-state index >= 15 is 0 Å². The van der Waals surface area contributed by atoms with Crippen LogP contribution in [0.4, 0.5) is 8.78 Å². The number of nitrogens with zero attached hydrogens (tertiary/aromatic N) is 1. The molecular formula is C8H12F2N2. The summed E-state index contributed by atoms with van der Waals surface area (Å²) in [4.78, 5) is 4.17. The van der Waals surface area contributed by atoms with Crippen molar-refractivity contribution >= 4 is 5.84 Å². The average Bonchev–Trinajstić information content (AvgIpc) is 2.35. The Morgan fingerprint density at radius 1 is 1.42 bits per heavy atom. The first-order chi connectivity index (χ1) is 5.66. The SMILES string of the molecule is FC1(F)CC(NC2=NCCC2)C1. The molecule has 1 aliphatic carbocycles. The number of amidine groups is 1. The van der Waals surface area contributed by atoms with Gasteiger partial charge in [0.05, 0.1) is 5.84 Å². The fourth-order valence-corrected chi connectivity index (χ4v) is 1.66. The molecule has 2 nitrogen and oxygen atoms in total. The van der Waals surface area contributed by atoms with Crippen molar-refractivity contribution in [2.45, 2.75) is 37.6 Å². The normalized spacial score (nSPS) is 28.0. The molecule has 1 aliphatic heterocycles. The maximum atomic E-state index is 12.4. The minimum Gasteiger partial charge on any atom is -0.371 e. The highest BCUT2D eigenvalue weighted by molar-refractivity contribution is 5.83. The van der Waals surface area contributed by atoms with Gasteiger partial charge >= 0.3 is 0 Å². The van der Waals surface area contributed by atoms with E-state index in [-0.39, 0.29) is 18.9 Å². The predicted molar refractivity (Wildman–Crippen MR) is 42.6 cm³/mol. The zero-order valence-electron chi connectivity index (χ0n) is 6.82. The van der Waals surface area contributed by atoms with Crippen LogP contribution in [-0.2, 0) is 0 Å². The maximum absolute atomic E-state index is 12.4. The molecule has 1 saturated carbocycles. The Hall–Kier alpha value is -0.670. The van der Waals surface area contributed by atoms with E-state index in [0.29, 0.717) is 0 Å². The summed E-state index contributed by atoms with van der Waals surface area (Å²) >= 11 is 0. The Labute approximate surface area is 70.1 Å². The smallest absolute Gasteiger partial charge is 0.252 e. The Morgan fingerprint density at radius 3 is 2.67 bits per heavy atom. The summed E-state index contributed by atoms with van der Waals surface area (Å²) in [5, 5.41) is 3.04. The van der Waals surface area contributed by atoms with Gasteiger partial charge in [0.2, 0.25) is 0 Å². The van der Waals surface area contributed by atoms with Crippen LogP contribution in [0.2, 0.25) is 0 Å². The van der Waals surface area contributed by atoms with Gasteiger partial charge < -0.3 is 5.32 Å². The van der Waals surface area contributed by atoms with Crippen molar-refractivity contribution in [2.75, 3.05) is 6.54 Å². The third kappa shape index (κ3) is 1.57. The highest BCUT2D eigenvalue weighted by atomic mass is 19.3. The lowest BCUT2D eigenvalue weighted by molar-refractivity contribution is -0.0886. The van der Waals surface area contributed by atoms with Crippen LogP contribution in [0.1, 0.15) is 25.7 Å². The first kappa shape index (κ1) is 7.95. The van der Waals surface area contributed by atoms with Crippen LogP contribution in [0.15, 0.2) is 4.99 Å². The van der Waals surface area contributed by atoms with Gasteiger partial charge in [0.1, 0.15) is 0 Å². The summed E-state index contributed by atoms with van der Waals surface area (Å²) < 4.78 is 24.8. The number of hydrogen-bond donors (Lipinski definition) is 1. The van der Waals surface area contributed by atoms with Crippen LogP contribution in [0, 0.1) is 0 Å². The molecule has 0 atom stereocenters. The molecule has 1 heterocycles. The monoisotopic (exact) mass is 174 g/mol. The summed E-state index contributed by atoms with van der Waals surface area (Å²) in [6.07, 6.45) is 1.95. The fourth-order valence-electron chi connectivity index (χ4n) is 1.66. The molecule has 2 rings (SSSR count). The topological polar surface area (TPSA) is 24.4 Å². The van der Waals surface area contributed by atoms with Crippen LogP contribution in [-0.4, -0.2) is 24.3 Å². The molecule has 2 aliphatic rings. The number of hydrogen-bond acceptors (Lipinski definition) is 2. The van der Waals surface area contributed by atoms with Crippen LogP contribution in [0.25, 0.3) is 0 Å². The van der Waals surface area contributed by atoms with E-state index < -0.39 is 5.92 Å². The highest BCUT2D eigenvalue weighted by Gasteiger charge is 2.45. The molecule has 0 spiro atoms. The quantitative estimate of drug-likeness (QED) is 0.641. The van der Waals surface area contributed by atoms with E-state index in [1.165, 1.54) is 0 Å². The molecule has 0 bridgehead atoms. The Balaban J connectivity index is 1.76. The molecule has 4 heteroatoms. The molecule has 0 saturated heterocycles. The number of rotatable bonds is 1. The van der Waals surface area contributed by atoms with Gasteiger partial charge in [-0.15, -0.1) is 0 Å². The molecule has 68 valence electrons. The summed E-state index contributed by atoms with van der Waals surface area (Å²) in [5.41, 5.74) is 0. The van der Waals surface area contributed by atoms with Crippen LogP contribution in [0.5, 0.6) is 0 Å². The Morgan fingerprint density at radius 2 is 2.17 bits per heavy atom. The Bertz CT molecular complexity index is 205. The average molecular weight is 174 g/mol. The number of alkyl halides is 2. The maximum Gasteiger partial charge on any atom is 0.252 e. The molecule has 1 fully saturated rings. The molecule has 0 unspecified atom stereocenters. The summed E-state index contributed by atoms with van der Waals surface area (Å²) in [6, 6.07) is -0.0307. The van der Waals surface area contributed by atoms with E-state index in [9.17, 15) is 8.78 Å². The third-order valence-corrected chi connectivity index (χ3v) is 2.34. The van der Waals surface area contributed by atoms with Gasteiger partial charge in [-0.05, 0) is 6.42 Å². The van der Waals surface area contributed by atoms with Crippen molar-refractivity contribution in [2.24, 2.45) is 4.99 Å². The van der Waals surface area contributed by atoms with E-state index in [2.05, 4.69) is 10.3 Å². The second-order valence-corrected chi connectivity index (χ2v) is 3.54. The minimum absolute atomic E-state index is 0.0218. The standard InChI is InChI=1S/C8H12F2N2/c9-8(10)4-6(5-8)12-7-2-1-3-11-7/h6H,1-5H2,(H,11,12). The molecular weight excluding hydrogens is 162 g/mol. The van der Waals surface area contributed by atoms with E-state index in [1.54, 1.807) is 0 Å². The second kappa shape index (κ2) is 2.68. The Kier molecular flexibility index (Phi) is 1.77. The largest absolute Gasteiger partial charge is 0.371 e. The van der Waals surface area contributed by atoms with E-state index in [4.69, 9.17) is 0 Å². The lowest BCUT2D eigenvalue weighted by Crippen LogP contribution is -2.50. The lowest BCUT2D eigenvalue weighted by atomic mass is 9.88. The molecule has 0 aromatic heterocycles. The predicted octanol–water partition coefficient (Wildman–Crippen LogP) is 1.57. The van der Waals surface area contributed by atoms with Crippen molar-refractivity contribution < 1.29 is 8.78 Å². The number of halogens is 2. The van der Waals surface area contributed by atoms with Gasteiger partial charge in [0, 0.05) is 31.8 Å². The number of aliphatic imine (C=N–C) groups is 1. The molecule has 0 radical (unpaired) electrons. The zero-order chi connectivity index (χ0) is 8.60. The fraction of sp³-hybridized carbons (Fsp3) is 0.875. The first-order valence-electron chi connectivity index (χ1n) is 4.33. The van der Waals surface area contributed by atoms with E-state index in [1.807, 2.05) is 0 Å². The molecule has 1 N–H and O–H groups in total. The lowest BCUT2D eigenvalue weighted by Gasteiger charge is -2.35. The van der Waals surface area contributed by atoms with Gasteiger partial charge in [-0.2, -0.15) is 0 Å². The molecule has 12 heavy (non-hydrogen) atoms. The zero-order valence-corrected chi connectivity index (χ0v) is 6.82. The van der Waals surface area contributed by atoms with Crippen LogP contribution >= 0.6 is 0 Å². The van der Waals surface area contributed by atoms with Crippen molar-refractivity contribution in [1.82, 2.24) is 5.32 Å². The van der Waals surface area contributed by atoms with Gasteiger partial charge in [-0.25, -0.2) is 8.78 Å². The van der Waals surface area contributed by atoms with Gasteiger partial charge in [-0.1, -0.05) is 0 Å².